The zero-order valence-corrected chi connectivity index (χ0v) is 13.4. The summed E-state index contributed by atoms with van der Waals surface area (Å²) in [7, 11) is 1.59. The first kappa shape index (κ1) is 16.0. The number of benzene rings is 1. The molecule has 0 saturated heterocycles. The number of hydrogen-bond donors (Lipinski definition) is 1. The van der Waals surface area contributed by atoms with Gasteiger partial charge in [0, 0.05) is 4.88 Å². The van der Waals surface area contributed by atoms with Crippen LogP contribution in [0.25, 0.3) is 0 Å². The van der Waals surface area contributed by atoms with Crippen LogP contribution in [0.3, 0.4) is 0 Å². The minimum Gasteiger partial charge on any atom is -0.493 e. The van der Waals surface area contributed by atoms with Crippen LogP contribution in [0.1, 0.15) is 17.4 Å². The van der Waals surface area contributed by atoms with Gasteiger partial charge in [-0.15, -0.1) is 11.3 Å². The maximum absolute atomic E-state index is 11.7. The minimum atomic E-state index is -0.141. The summed E-state index contributed by atoms with van der Waals surface area (Å²) in [4.78, 5) is 12.7. The van der Waals surface area contributed by atoms with E-state index in [9.17, 15) is 4.79 Å². The molecule has 5 nitrogen and oxygen atoms in total. The van der Waals surface area contributed by atoms with Gasteiger partial charge in [0.05, 0.1) is 26.4 Å². The number of rotatable bonds is 7. The fourth-order valence-electron chi connectivity index (χ4n) is 1.83. The zero-order chi connectivity index (χ0) is 15.8. The Balaban J connectivity index is 1.94. The molecule has 1 N–H and O–H groups in total. The average Bonchev–Trinajstić information content (AvgIpc) is 3.01. The molecule has 0 saturated carbocycles. The van der Waals surface area contributed by atoms with Crippen molar-refractivity contribution in [2.24, 2.45) is 5.10 Å². The largest absolute Gasteiger partial charge is 0.493 e. The van der Waals surface area contributed by atoms with Crippen LogP contribution in [-0.2, 0) is 11.2 Å². The van der Waals surface area contributed by atoms with Crippen LogP contribution in [0.4, 0.5) is 0 Å². The molecule has 116 valence electrons. The summed E-state index contributed by atoms with van der Waals surface area (Å²) in [6, 6.07) is 9.31. The minimum absolute atomic E-state index is 0.141. The third-order valence-electron chi connectivity index (χ3n) is 2.81. The van der Waals surface area contributed by atoms with E-state index in [1.807, 2.05) is 36.6 Å². The summed E-state index contributed by atoms with van der Waals surface area (Å²) < 4.78 is 10.7. The molecule has 0 aliphatic heterocycles. The molecule has 0 atom stereocenters. The maximum atomic E-state index is 11.7. The Morgan fingerprint density at radius 1 is 1.36 bits per heavy atom. The van der Waals surface area contributed by atoms with E-state index >= 15 is 0 Å². The van der Waals surface area contributed by atoms with E-state index in [1.165, 1.54) is 0 Å². The lowest BCUT2D eigenvalue weighted by Gasteiger charge is -2.09. The lowest BCUT2D eigenvalue weighted by atomic mass is 10.2. The number of ether oxygens (including phenoxy) is 2. The molecule has 2 aromatic rings. The van der Waals surface area contributed by atoms with Crippen molar-refractivity contribution in [3.8, 4) is 11.5 Å². The van der Waals surface area contributed by atoms with Crippen molar-refractivity contribution >= 4 is 23.5 Å². The fraction of sp³-hybridized carbons (Fsp3) is 0.250. The van der Waals surface area contributed by atoms with Gasteiger partial charge in [-0.3, -0.25) is 4.79 Å². The van der Waals surface area contributed by atoms with Gasteiger partial charge in [-0.2, -0.15) is 5.10 Å². The van der Waals surface area contributed by atoms with E-state index in [-0.39, 0.29) is 5.91 Å². The zero-order valence-electron chi connectivity index (χ0n) is 12.5. The number of amides is 1. The average molecular weight is 318 g/mol. The van der Waals surface area contributed by atoms with Crippen LogP contribution >= 0.6 is 11.3 Å². The highest BCUT2D eigenvalue weighted by Crippen LogP contribution is 2.27. The Kier molecular flexibility index (Phi) is 5.97. The normalized spacial score (nSPS) is 10.6. The fourth-order valence-corrected chi connectivity index (χ4v) is 2.54. The first-order valence-electron chi connectivity index (χ1n) is 6.88. The SMILES string of the molecule is CCOc1cc(/C=N/NC(=O)Cc2cccs2)ccc1OC. The van der Waals surface area contributed by atoms with Gasteiger partial charge in [0.1, 0.15) is 0 Å². The van der Waals surface area contributed by atoms with Gasteiger partial charge in [0.15, 0.2) is 11.5 Å². The third-order valence-corrected chi connectivity index (χ3v) is 3.68. The van der Waals surface area contributed by atoms with Gasteiger partial charge >= 0.3 is 0 Å². The molecular formula is C16H18N2O3S. The molecule has 0 spiro atoms. The van der Waals surface area contributed by atoms with E-state index in [0.29, 0.717) is 24.5 Å². The summed E-state index contributed by atoms with van der Waals surface area (Å²) >= 11 is 1.55. The number of carbonyl (C=O) groups is 1. The maximum Gasteiger partial charge on any atom is 0.245 e. The van der Waals surface area contributed by atoms with E-state index in [4.69, 9.17) is 9.47 Å². The monoisotopic (exact) mass is 318 g/mol. The number of hydrogen-bond acceptors (Lipinski definition) is 5. The molecule has 0 bridgehead atoms. The molecule has 0 aliphatic carbocycles. The first-order valence-corrected chi connectivity index (χ1v) is 7.76. The molecule has 1 amide bonds. The number of nitrogens with zero attached hydrogens (tertiary/aromatic N) is 1. The van der Waals surface area contributed by atoms with Gasteiger partial charge < -0.3 is 9.47 Å². The molecule has 0 unspecified atom stereocenters. The second-order valence-corrected chi connectivity index (χ2v) is 5.42. The molecule has 0 aliphatic rings. The first-order chi connectivity index (χ1) is 10.7. The molecule has 2 rings (SSSR count). The number of thiophene rings is 1. The van der Waals surface area contributed by atoms with E-state index < -0.39 is 0 Å². The van der Waals surface area contributed by atoms with Crippen LogP contribution < -0.4 is 14.9 Å². The molecule has 1 aromatic heterocycles. The van der Waals surface area contributed by atoms with E-state index in [2.05, 4.69) is 10.5 Å². The Morgan fingerprint density at radius 2 is 2.23 bits per heavy atom. The van der Waals surface area contributed by atoms with Gasteiger partial charge in [-0.05, 0) is 42.1 Å². The second-order valence-electron chi connectivity index (χ2n) is 4.39. The van der Waals surface area contributed by atoms with E-state index in [1.54, 1.807) is 30.7 Å². The highest BCUT2D eigenvalue weighted by molar-refractivity contribution is 7.10. The van der Waals surface area contributed by atoms with Crippen molar-refractivity contribution in [2.75, 3.05) is 13.7 Å². The van der Waals surface area contributed by atoms with Crippen molar-refractivity contribution in [1.29, 1.82) is 0 Å². The smallest absolute Gasteiger partial charge is 0.245 e. The standard InChI is InChI=1S/C16H18N2O3S/c1-3-21-15-9-12(6-7-14(15)20-2)11-17-18-16(19)10-13-5-4-8-22-13/h4-9,11H,3,10H2,1-2H3,(H,18,19)/b17-11+. The Labute approximate surface area is 133 Å². The molecular weight excluding hydrogens is 300 g/mol. The van der Waals surface area contributed by atoms with Crippen molar-refractivity contribution in [2.45, 2.75) is 13.3 Å². The van der Waals surface area contributed by atoms with Gasteiger partial charge in [0.25, 0.3) is 0 Å². The van der Waals surface area contributed by atoms with Gasteiger partial charge in [-0.1, -0.05) is 6.07 Å². The number of carbonyl (C=O) groups excluding carboxylic acids is 1. The highest BCUT2D eigenvalue weighted by Gasteiger charge is 2.05. The van der Waals surface area contributed by atoms with Crippen molar-refractivity contribution in [3.05, 3.63) is 46.2 Å². The highest BCUT2D eigenvalue weighted by atomic mass is 32.1. The van der Waals surface area contributed by atoms with Crippen molar-refractivity contribution in [1.82, 2.24) is 5.43 Å². The van der Waals surface area contributed by atoms with Gasteiger partial charge in [-0.25, -0.2) is 5.43 Å². The number of methoxy groups -OCH3 is 1. The number of nitrogens with one attached hydrogen (secondary N) is 1. The molecule has 0 fully saturated rings. The quantitative estimate of drug-likeness (QED) is 0.631. The predicted octanol–water partition coefficient (Wildman–Crippen LogP) is 2.85. The van der Waals surface area contributed by atoms with Crippen LogP contribution in [-0.4, -0.2) is 25.8 Å². The van der Waals surface area contributed by atoms with Crippen LogP contribution in [0, 0.1) is 0 Å². The summed E-state index contributed by atoms with van der Waals surface area (Å²) in [5.74, 6) is 1.18. The Morgan fingerprint density at radius 3 is 2.91 bits per heavy atom. The molecule has 1 aromatic carbocycles. The molecule has 6 heteroatoms. The lowest BCUT2D eigenvalue weighted by Crippen LogP contribution is -2.19. The summed E-state index contributed by atoms with van der Waals surface area (Å²) in [5.41, 5.74) is 3.33. The van der Waals surface area contributed by atoms with Gasteiger partial charge in [0.2, 0.25) is 5.91 Å². The summed E-state index contributed by atoms with van der Waals surface area (Å²) in [5, 5.41) is 5.91. The second kappa shape index (κ2) is 8.19. The topological polar surface area (TPSA) is 59.9 Å². The van der Waals surface area contributed by atoms with Crippen molar-refractivity contribution in [3.63, 3.8) is 0 Å². The third kappa shape index (κ3) is 4.60. The lowest BCUT2D eigenvalue weighted by molar-refractivity contribution is -0.120. The van der Waals surface area contributed by atoms with Crippen molar-refractivity contribution < 1.29 is 14.3 Å². The molecule has 1 heterocycles. The molecule has 22 heavy (non-hydrogen) atoms. The Bertz CT molecular complexity index is 639. The van der Waals surface area contributed by atoms with Crippen LogP contribution in [0.5, 0.6) is 11.5 Å². The van der Waals surface area contributed by atoms with Crippen LogP contribution in [0.15, 0.2) is 40.8 Å². The Hall–Kier alpha value is -2.34. The summed E-state index contributed by atoms with van der Waals surface area (Å²) in [6.07, 6.45) is 1.91. The molecule has 0 radical (unpaired) electrons. The van der Waals surface area contributed by atoms with E-state index in [0.717, 1.165) is 10.4 Å². The predicted molar refractivity (Wildman–Crippen MR) is 87.9 cm³/mol. The number of hydrazone groups is 1. The van der Waals surface area contributed by atoms with Crippen LogP contribution in [0.2, 0.25) is 0 Å². The summed E-state index contributed by atoms with van der Waals surface area (Å²) in [6.45, 7) is 2.46.